The second-order valence-electron chi connectivity index (χ2n) is 11.6. The fourth-order valence-electron chi connectivity index (χ4n) is 6.08. The van der Waals surface area contributed by atoms with Crippen LogP contribution in [0.15, 0.2) is 60.8 Å². The van der Waals surface area contributed by atoms with Crippen molar-refractivity contribution >= 4 is 23.5 Å². The molecule has 236 valence electrons. The van der Waals surface area contributed by atoms with Crippen molar-refractivity contribution in [2.45, 2.75) is 39.7 Å². The minimum Gasteiger partial charge on any atom is -0.490 e. The normalized spacial score (nSPS) is 15.8. The van der Waals surface area contributed by atoms with Crippen LogP contribution < -0.4 is 15.0 Å². The maximum atomic E-state index is 15.0. The number of piperidine rings is 1. The molecule has 0 radical (unpaired) electrons. The van der Waals surface area contributed by atoms with Crippen molar-refractivity contribution in [2.75, 3.05) is 37.0 Å². The first kappa shape index (κ1) is 31.8. The van der Waals surface area contributed by atoms with Crippen molar-refractivity contribution in [1.82, 2.24) is 14.9 Å². The molecule has 11 heteroatoms. The molecule has 1 aliphatic rings. The van der Waals surface area contributed by atoms with E-state index in [2.05, 4.69) is 27.2 Å². The van der Waals surface area contributed by atoms with Crippen molar-refractivity contribution in [1.29, 1.82) is 0 Å². The van der Waals surface area contributed by atoms with Crippen molar-refractivity contribution < 1.29 is 27.8 Å². The second-order valence-corrected chi connectivity index (χ2v) is 11.6. The Morgan fingerprint density at radius 1 is 1.04 bits per heavy atom. The van der Waals surface area contributed by atoms with Gasteiger partial charge in [-0.1, -0.05) is 23.8 Å². The van der Waals surface area contributed by atoms with Gasteiger partial charge >= 0.3 is 6.09 Å². The smallest absolute Gasteiger partial charge is 0.413 e. The van der Waals surface area contributed by atoms with Gasteiger partial charge in [0, 0.05) is 30.4 Å². The number of nitrogens with zero attached hydrogens (tertiary/aromatic N) is 4. The molecule has 3 aromatic carbocycles. The van der Waals surface area contributed by atoms with Crippen molar-refractivity contribution in [3.8, 4) is 5.75 Å². The third-order valence-corrected chi connectivity index (χ3v) is 8.01. The highest BCUT2D eigenvalue weighted by atomic mass is 19.2. The Kier molecular flexibility index (Phi) is 9.57. The van der Waals surface area contributed by atoms with E-state index in [-0.39, 0.29) is 23.1 Å². The Balaban J connectivity index is 1.44. The van der Waals surface area contributed by atoms with E-state index in [4.69, 9.17) is 4.74 Å². The molecule has 1 aromatic heterocycles. The number of amides is 1. The molecule has 2 N–H and O–H groups in total. The molecule has 5 rings (SSSR count). The SMILES string of the molecule is Cc1cc(C)c(C(c2ccc(F)c(F)c2)N(C(=O)O)c2ccnc(Nc3ccc(OCC4CCCN(C)C4)c(F)c3)n2)c(C)c1. The number of halogens is 3. The minimum atomic E-state index is -1.37. The summed E-state index contributed by atoms with van der Waals surface area (Å²) in [5.41, 5.74) is 3.68. The molecule has 0 bridgehead atoms. The number of likely N-dealkylation sites (tertiary alicyclic amines) is 1. The molecule has 4 aromatic rings. The number of rotatable bonds is 9. The maximum Gasteiger partial charge on any atom is 0.413 e. The van der Waals surface area contributed by atoms with Crippen LogP contribution in [0.3, 0.4) is 0 Å². The van der Waals surface area contributed by atoms with E-state index < -0.39 is 29.6 Å². The van der Waals surface area contributed by atoms with Gasteiger partial charge in [-0.25, -0.2) is 27.8 Å². The molecule has 0 spiro atoms. The Morgan fingerprint density at radius 3 is 2.47 bits per heavy atom. The van der Waals surface area contributed by atoms with Gasteiger partial charge in [-0.15, -0.1) is 0 Å². The molecular formula is C34H36F3N5O3. The van der Waals surface area contributed by atoms with E-state index in [0.29, 0.717) is 23.8 Å². The van der Waals surface area contributed by atoms with Gasteiger partial charge < -0.3 is 20.1 Å². The van der Waals surface area contributed by atoms with Crippen molar-refractivity contribution in [3.05, 3.63) is 106 Å². The van der Waals surface area contributed by atoms with Gasteiger partial charge in [0.15, 0.2) is 23.2 Å². The average Bonchev–Trinajstić information content (AvgIpc) is 2.97. The molecule has 1 saturated heterocycles. The molecule has 1 amide bonds. The summed E-state index contributed by atoms with van der Waals surface area (Å²) in [7, 11) is 2.06. The lowest BCUT2D eigenvalue weighted by Gasteiger charge is -2.32. The van der Waals surface area contributed by atoms with Crippen LogP contribution in [0.2, 0.25) is 0 Å². The maximum absolute atomic E-state index is 15.0. The predicted molar refractivity (Wildman–Crippen MR) is 167 cm³/mol. The summed E-state index contributed by atoms with van der Waals surface area (Å²) in [4.78, 5) is 24.7. The molecule has 2 atom stereocenters. The first-order valence-electron chi connectivity index (χ1n) is 14.8. The van der Waals surface area contributed by atoms with Crippen LogP contribution in [-0.4, -0.2) is 52.8 Å². The van der Waals surface area contributed by atoms with Crippen LogP contribution in [0.1, 0.15) is 46.7 Å². The first-order valence-corrected chi connectivity index (χ1v) is 14.8. The zero-order chi connectivity index (χ0) is 32.2. The number of ether oxygens (including phenoxy) is 1. The fourth-order valence-corrected chi connectivity index (χ4v) is 6.08. The molecule has 8 nitrogen and oxygen atoms in total. The number of benzene rings is 3. The number of hydrogen-bond donors (Lipinski definition) is 2. The Hall–Kier alpha value is -4.64. The van der Waals surface area contributed by atoms with E-state index in [0.717, 1.165) is 59.7 Å². The number of anilines is 3. The highest BCUT2D eigenvalue weighted by Crippen LogP contribution is 2.37. The molecule has 0 aliphatic carbocycles. The van der Waals surface area contributed by atoms with E-state index in [1.807, 2.05) is 32.9 Å². The van der Waals surface area contributed by atoms with Gasteiger partial charge in [0.05, 0.1) is 12.6 Å². The van der Waals surface area contributed by atoms with Gasteiger partial charge in [-0.3, -0.25) is 0 Å². The number of hydrogen-bond acceptors (Lipinski definition) is 6. The lowest BCUT2D eigenvalue weighted by molar-refractivity contribution is 0.147. The number of nitrogens with one attached hydrogen (secondary N) is 1. The third-order valence-electron chi connectivity index (χ3n) is 8.01. The highest BCUT2D eigenvalue weighted by Gasteiger charge is 2.32. The predicted octanol–water partition coefficient (Wildman–Crippen LogP) is 7.56. The monoisotopic (exact) mass is 619 g/mol. The van der Waals surface area contributed by atoms with Gasteiger partial charge in [0.1, 0.15) is 5.82 Å². The third kappa shape index (κ3) is 7.37. The number of carbonyl (C=O) groups is 1. The van der Waals surface area contributed by atoms with E-state index in [9.17, 15) is 23.1 Å². The van der Waals surface area contributed by atoms with Gasteiger partial charge in [-0.05, 0) is 99.8 Å². The van der Waals surface area contributed by atoms with E-state index in [1.54, 1.807) is 6.07 Å². The summed E-state index contributed by atoms with van der Waals surface area (Å²) in [6, 6.07) is 11.9. The topological polar surface area (TPSA) is 90.8 Å². The molecule has 0 saturated carbocycles. The largest absolute Gasteiger partial charge is 0.490 e. The van der Waals surface area contributed by atoms with E-state index in [1.165, 1.54) is 30.5 Å². The zero-order valence-corrected chi connectivity index (χ0v) is 25.7. The molecular weight excluding hydrogens is 583 g/mol. The quantitative estimate of drug-likeness (QED) is 0.200. The van der Waals surface area contributed by atoms with Gasteiger partial charge in [0.2, 0.25) is 5.95 Å². The van der Waals surface area contributed by atoms with Gasteiger partial charge in [-0.2, -0.15) is 4.98 Å². The van der Waals surface area contributed by atoms with Crippen LogP contribution in [0.5, 0.6) is 5.75 Å². The lowest BCUT2D eigenvalue weighted by atomic mass is 9.89. The second kappa shape index (κ2) is 13.6. The Morgan fingerprint density at radius 2 is 1.80 bits per heavy atom. The van der Waals surface area contributed by atoms with Crippen LogP contribution >= 0.6 is 0 Å². The Labute approximate surface area is 260 Å². The number of carboxylic acid groups (broad SMARTS) is 1. The zero-order valence-electron chi connectivity index (χ0n) is 25.7. The summed E-state index contributed by atoms with van der Waals surface area (Å²) < 4.78 is 49.2. The molecule has 2 heterocycles. The molecule has 45 heavy (non-hydrogen) atoms. The summed E-state index contributed by atoms with van der Waals surface area (Å²) in [5, 5.41) is 13.4. The van der Waals surface area contributed by atoms with E-state index >= 15 is 0 Å². The molecule has 2 unspecified atom stereocenters. The van der Waals surface area contributed by atoms with Crippen LogP contribution in [0.25, 0.3) is 0 Å². The minimum absolute atomic E-state index is 0.0125. The van der Waals surface area contributed by atoms with Gasteiger partial charge in [0.25, 0.3) is 0 Å². The summed E-state index contributed by atoms with van der Waals surface area (Å²) in [5.74, 6) is -2.25. The lowest BCUT2D eigenvalue weighted by Crippen LogP contribution is -2.36. The fraction of sp³-hybridized carbons (Fsp3) is 0.324. The molecule has 1 fully saturated rings. The summed E-state index contributed by atoms with van der Waals surface area (Å²) >= 11 is 0. The van der Waals surface area contributed by atoms with Crippen LogP contribution in [0.4, 0.5) is 35.4 Å². The first-order chi connectivity index (χ1) is 21.5. The highest BCUT2D eigenvalue weighted by molar-refractivity contribution is 5.87. The Bertz CT molecular complexity index is 1680. The summed E-state index contributed by atoms with van der Waals surface area (Å²) in [6.07, 6.45) is 2.12. The van der Waals surface area contributed by atoms with Crippen molar-refractivity contribution in [2.24, 2.45) is 5.92 Å². The standard InChI is InChI=1S/C34H36F3N5O3/c1-20-14-21(2)31(22(3)15-20)32(24-7-9-26(35)27(36)16-24)42(34(43)44)30-11-12-38-33(40-30)39-25-8-10-29(28(37)17-25)45-19-23-6-5-13-41(4)18-23/h7-12,14-17,23,32H,5-6,13,18-19H2,1-4H3,(H,43,44)(H,38,39,40). The number of aryl methyl sites for hydroxylation is 3. The average molecular weight is 620 g/mol. The molecule has 1 aliphatic heterocycles. The summed E-state index contributed by atoms with van der Waals surface area (Å²) in [6.45, 7) is 7.97. The van der Waals surface area contributed by atoms with Crippen LogP contribution in [0, 0.1) is 44.1 Å². The van der Waals surface area contributed by atoms with Crippen LogP contribution in [-0.2, 0) is 0 Å². The van der Waals surface area contributed by atoms with Crippen molar-refractivity contribution in [3.63, 3.8) is 0 Å². The number of aromatic nitrogens is 2.